The second kappa shape index (κ2) is 4.29. The van der Waals surface area contributed by atoms with Crippen LogP contribution in [0.5, 0.6) is 0 Å². The Kier molecular flexibility index (Phi) is 2.61. The van der Waals surface area contributed by atoms with E-state index in [1.807, 2.05) is 12.3 Å². The molecule has 3 aromatic heterocycles. The molecule has 0 bridgehead atoms. The number of rotatable bonds is 2. The minimum absolute atomic E-state index is 0.0750. The molecule has 0 aliphatic carbocycles. The molecule has 94 valence electrons. The van der Waals surface area contributed by atoms with E-state index in [9.17, 15) is 4.79 Å². The van der Waals surface area contributed by atoms with Crippen molar-refractivity contribution in [1.29, 1.82) is 0 Å². The Hall–Kier alpha value is -2.53. The smallest absolute Gasteiger partial charge is 0.245 e. The lowest BCUT2D eigenvalue weighted by atomic mass is 10.4. The summed E-state index contributed by atoms with van der Waals surface area (Å²) in [6.07, 6.45) is 6.57. The third-order valence-electron chi connectivity index (χ3n) is 2.48. The molecule has 0 radical (unpaired) electrons. The number of hydrogen-bond donors (Lipinski definition) is 0. The van der Waals surface area contributed by atoms with E-state index in [0.717, 1.165) is 10.4 Å². The largest absolute Gasteiger partial charge is 0.353 e. The van der Waals surface area contributed by atoms with Gasteiger partial charge in [-0.05, 0) is 6.92 Å². The lowest BCUT2D eigenvalue weighted by Crippen LogP contribution is -2.29. The summed E-state index contributed by atoms with van der Waals surface area (Å²) < 4.78 is 2.42. The Balaban J connectivity index is 2.23. The number of thiazole rings is 1. The van der Waals surface area contributed by atoms with E-state index < -0.39 is 0 Å². The van der Waals surface area contributed by atoms with Crippen molar-refractivity contribution in [3.05, 3.63) is 27.9 Å². The molecule has 19 heavy (non-hydrogen) atoms. The molecular weight excluding hydrogens is 264 g/mol. The molecule has 0 fully saturated rings. The van der Waals surface area contributed by atoms with Crippen LogP contribution in [0.4, 0.5) is 0 Å². The van der Waals surface area contributed by atoms with Crippen LogP contribution >= 0.6 is 11.3 Å². The lowest BCUT2D eigenvalue weighted by molar-refractivity contribution is 0.577. The standard InChI is InChI=1S/C11H8N6OS/c1-3-4-17-11(18)16-6-12-8(9(16)14-15-17)10-13-7(2)5-19-10/h1,5-6H,4H2,2H3. The Morgan fingerprint density at radius 1 is 1.53 bits per heavy atom. The molecular formula is C11H8N6OS. The van der Waals surface area contributed by atoms with Crippen molar-refractivity contribution in [3.8, 4) is 23.0 Å². The monoisotopic (exact) mass is 272 g/mol. The first-order valence-corrected chi connectivity index (χ1v) is 6.25. The van der Waals surface area contributed by atoms with Crippen LogP contribution in [0.2, 0.25) is 0 Å². The predicted octanol–water partition coefficient (Wildman–Crippen LogP) is 0.351. The van der Waals surface area contributed by atoms with E-state index >= 15 is 0 Å². The van der Waals surface area contributed by atoms with Gasteiger partial charge in [-0.1, -0.05) is 11.1 Å². The average molecular weight is 272 g/mol. The first-order chi connectivity index (χ1) is 9.20. The quantitative estimate of drug-likeness (QED) is 0.629. The van der Waals surface area contributed by atoms with Crippen LogP contribution in [0.25, 0.3) is 16.3 Å². The van der Waals surface area contributed by atoms with E-state index in [2.05, 4.69) is 26.2 Å². The van der Waals surface area contributed by atoms with Gasteiger partial charge in [0.05, 0.1) is 0 Å². The van der Waals surface area contributed by atoms with Crippen LogP contribution in [-0.4, -0.2) is 29.4 Å². The van der Waals surface area contributed by atoms with Crippen molar-refractivity contribution in [2.24, 2.45) is 0 Å². The Bertz CT molecular complexity index is 852. The number of terminal acetylenes is 1. The maximum atomic E-state index is 12.0. The summed E-state index contributed by atoms with van der Waals surface area (Å²) in [6, 6.07) is 0. The minimum Gasteiger partial charge on any atom is -0.245 e. The Morgan fingerprint density at radius 3 is 3.05 bits per heavy atom. The number of nitrogens with zero attached hydrogens (tertiary/aromatic N) is 6. The number of fused-ring (bicyclic) bond motifs is 1. The van der Waals surface area contributed by atoms with E-state index in [1.165, 1.54) is 22.1 Å². The van der Waals surface area contributed by atoms with Crippen LogP contribution in [0.3, 0.4) is 0 Å². The van der Waals surface area contributed by atoms with Gasteiger partial charge in [0.25, 0.3) is 0 Å². The fourth-order valence-corrected chi connectivity index (χ4v) is 2.42. The van der Waals surface area contributed by atoms with Gasteiger partial charge in [-0.3, -0.25) is 0 Å². The van der Waals surface area contributed by atoms with Crippen molar-refractivity contribution < 1.29 is 0 Å². The van der Waals surface area contributed by atoms with Gasteiger partial charge in [-0.2, -0.15) is 4.68 Å². The first-order valence-electron chi connectivity index (χ1n) is 5.37. The van der Waals surface area contributed by atoms with Gasteiger partial charge in [0.15, 0.2) is 5.65 Å². The second-order valence-electron chi connectivity index (χ2n) is 3.81. The summed E-state index contributed by atoms with van der Waals surface area (Å²) >= 11 is 1.45. The Labute approximate surface area is 111 Å². The molecule has 3 aromatic rings. The lowest BCUT2D eigenvalue weighted by Gasteiger charge is -1.98. The Morgan fingerprint density at radius 2 is 2.37 bits per heavy atom. The van der Waals surface area contributed by atoms with Crippen molar-refractivity contribution in [3.63, 3.8) is 0 Å². The molecule has 0 aliphatic rings. The zero-order chi connectivity index (χ0) is 13.4. The molecule has 8 heteroatoms. The van der Waals surface area contributed by atoms with E-state index in [4.69, 9.17) is 6.42 Å². The van der Waals surface area contributed by atoms with Crippen molar-refractivity contribution in [2.75, 3.05) is 0 Å². The third kappa shape index (κ3) is 1.80. The van der Waals surface area contributed by atoms with Crippen molar-refractivity contribution in [2.45, 2.75) is 13.5 Å². The van der Waals surface area contributed by atoms with Gasteiger partial charge in [0.2, 0.25) is 0 Å². The zero-order valence-electron chi connectivity index (χ0n) is 9.94. The van der Waals surface area contributed by atoms with Gasteiger partial charge in [-0.25, -0.2) is 19.2 Å². The second-order valence-corrected chi connectivity index (χ2v) is 4.67. The number of aryl methyl sites for hydroxylation is 1. The fraction of sp³-hybridized carbons (Fsp3) is 0.182. The average Bonchev–Trinajstić information content (AvgIpc) is 2.99. The van der Waals surface area contributed by atoms with Gasteiger partial charge in [0.1, 0.15) is 23.6 Å². The van der Waals surface area contributed by atoms with Gasteiger partial charge >= 0.3 is 5.69 Å². The van der Waals surface area contributed by atoms with Crippen LogP contribution in [0.15, 0.2) is 16.5 Å². The van der Waals surface area contributed by atoms with Crippen LogP contribution in [0, 0.1) is 19.3 Å². The molecule has 3 rings (SSSR count). The normalized spacial score (nSPS) is 10.7. The van der Waals surface area contributed by atoms with Crippen LogP contribution in [0.1, 0.15) is 5.69 Å². The number of aromatic nitrogens is 6. The van der Waals surface area contributed by atoms with Crippen LogP contribution < -0.4 is 5.69 Å². The summed E-state index contributed by atoms with van der Waals surface area (Å²) in [6.45, 7) is 1.97. The molecule has 0 N–H and O–H groups in total. The van der Waals surface area contributed by atoms with Crippen LogP contribution in [-0.2, 0) is 6.54 Å². The maximum Gasteiger partial charge on any atom is 0.353 e. The van der Waals surface area contributed by atoms with Crippen molar-refractivity contribution >= 4 is 17.0 Å². The molecule has 0 aromatic carbocycles. The van der Waals surface area contributed by atoms with Gasteiger partial charge in [0, 0.05) is 11.1 Å². The molecule has 0 saturated carbocycles. The molecule has 0 amide bonds. The highest BCUT2D eigenvalue weighted by molar-refractivity contribution is 7.13. The fourth-order valence-electron chi connectivity index (χ4n) is 1.64. The molecule has 0 saturated heterocycles. The molecule has 7 nitrogen and oxygen atoms in total. The highest BCUT2D eigenvalue weighted by Gasteiger charge is 2.14. The third-order valence-corrected chi connectivity index (χ3v) is 3.45. The van der Waals surface area contributed by atoms with Crippen molar-refractivity contribution in [1.82, 2.24) is 29.4 Å². The molecule has 0 atom stereocenters. The highest BCUT2D eigenvalue weighted by Crippen LogP contribution is 2.23. The number of hydrogen-bond acceptors (Lipinski definition) is 6. The summed E-state index contributed by atoms with van der Waals surface area (Å²) in [5, 5.41) is 10.4. The summed E-state index contributed by atoms with van der Waals surface area (Å²) in [7, 11) is 0. The minimum atomic E-state index is -0.366. The SMILES string of the molecule is C#CCn1nnc2c(-c3nc(C)cs3)ncn2c1=O. The number of imidazole rings is 1. The topological polar surface area (TPSA) is 78.0 Å². The zero-order valence-corrected chi connectivity index (χ0v) is 10.8. The first kappa shape index (κ1) is 11.6. The van der Waals surface area contributed by atoms with E-state index in [1.54, 1.807) is 0 Å². The van der Waals surface area contributed by atoms with Gasteiger partial charge in [-0.15, -0.1) is 22.9 Å². The van der Waals surface area contributed by atoms with E-state index in [-0.39, 0.29) is 12.2 Å². The maximum absolute atomic E-state index is 12.0. The summed E-state index contributed by atoms with van der Waals surface area (Å²) in [5.74, 6) is 2.35. The summed E-state index contributed by atoms with van der Waals surface area (Å²) in [4.78, 5) is 20.5. The predicted molar refractivity (Wildman–Crippen MR) is 69.7 cm³/mol. The molecule has 0 unspecified atom stereocenters. The molecule has 0 spiro atoms. The molecule has 3 heterocycles. The van der Waals surface area contributed by atoms with E-state index in [0.29, 0.717) is 16.3 Å². The molecule has 0 aliphatic heterocycles. The highest BCUT2D eigenvalue weighted by atomic mass is 32.1. The summed E-state index contributed by atoms with van der Waals surface area (Å²) in [5.41, 5.74) is 1.47. The van der Waals surface area contributed by atoms with Gasteiger partial charge < -0.3 is 0 Å².